The fourth-order valence-corrected chi connectivity index (χ4v) is 3.60. The zero-order valence-electron chi connectivity index (χ0n) is 14.8. The van der Waals surface area contributed by atoms with Crippen LogP contribution in [-0.2, 0) is 13.5 Å². The van der Waals surface area contributed by atoms with E-state index in [4.69, 9.17) is 4.74 Å². The number of hydrogen-bond acceptors (Lipinski definition) is 4. The summed E-state index contributed by atoms with van der Waals surface area (Å²) in [5.74, 6) is 0.814. The van der Waals surface area contributed by atoms with Crippen LogP contribution in [0.3, 0.4) is 0 Å². The summed E-state index contributed by atoms with van der Waals surface area (Å²) in [5.41, 5.74) is 5.13. The van der Waals surface area contributed by atoms with E-state index in [0.29, 0.717) is 12.1 Å². The van der Waals surface area contributed by atoms with E-state index in [-0.39, 0.29) is 5.91 Å². The van der Waals surface area contributed by atoms with Crippen molar-refractivity contribution in [2.45, 2.75) is 20.3 Å². The molecule has 25 heavy (non-hydrogen) atoms. The second-order valence-electron chi connectivity index (χ2n) is 6.42. The van der Waals surface area contributed by atoms with Crippen LogP contribution in [0.25, 0.3) is 11.0 Å². The first-order valence-electron chi connectivity index (χ1n) is 8.29. The van der Waals surface area contributed by atoms with E-state index < -0.39 is 0 Å². The van der Waals surface area contributed by atoms with Gasteiger partial charge in [-0.05, 0) is 50.1 Å². The average Bonchev–Trinajstić information content (AvgIpc) is 3.14. The Morgan fingerprint density at radius 3 is 2.80 bits per heavy atom. The molecular formula is C19H20N4O2. The lowest BCUT2D eigenvalue weighted by Gasteiger charge is -2.18. The van der Waals surface area contributed by atoms with Gasteiger partial charge in [-0.1, -0.05) is 0 Å². The Balaban J connectivity index is 1.83. The Hall–Kier alpha value is -2.89. The van der Waals surface area contributed by atoms with E-state index in [2.05, 4.69) is 10.1 Å². The molecule has 1 aliphatic heterocycles. The number of rotatable bonds is 2. The second-order valence-corrected chi connectivity index (χ2v) is 6.42. The highest BCUT2D eigenvalue weighted by atomic mass is 16.5. The first kappa shape index (κ1) is 15.6. The smallest absolute Gasteiger partial charge is 0.259 e. The topological polar surface area (TPSA) is 60.2 Å². The van der Waals surface area contributed by atoms with Crippen molar-refractivity contribution in [1.29, 1.82) is 0 Å². The monoisotopic (exact) mass is 336 g/mol. The van der Waals surface area contributed by atoms with Gasteiger partial charge in [-0.2, -0.15) is 5.10 Å². The van der Waals surface area contributed by atoms with Crippen LogP contribution in [0.15, 0.2) is 24.3 Å². The van der Waals surface area contributed by atoms with Crippen molar-refractivity contribution in [2.75, 3.05) is 18.6 Å². The lowest BCUT2D eigenvalue weighted by Crippen LogP contribution is -2.29. The molecule has 0 saturated heterocycles. The highest BCUT2D eigenvalue weighted by Crippen LogP contribution is 2.33. The molecule has 0 atom stereocenters. The normalized spacial score (nSPS) is 13.4. The molecule has 6 heteroatoms. The van der Waals surface area contributed by atoms with Crippen LogP contribution in [0.1, 0.15) is 27.3 Å². The summed E-state index contributed by atoms with van der Waals surface area (Å²) in [7, 11) is 3.51. The largest absolute Gasteiger partial charge is 0.497 e. The molecule has 1 aliphatic rings. The number of aromatic nitrogens is 3. The number of fused-ring (bicyclic) bond motifs is 2. The van der Waals surface area contributed by atoms with Gasteiger partial charge in [0.2, 0.25) is 0 Å². The van der Waals surface area contributed by atoms with E-state index in [1.54, 1.807) is 11.8 Å². The lowest BCUT2D eigenvalue weighted by atomic mass is 10.1. The summed E-state index contributed by atoms with van der Waals surface area (Å²) >= 11 is 0. The van der Waals surface area contributed by atoms with Crippen molar-refractivity contribution in [1.82, 2.24) is 14.8 Å². The number of amides is 1. The first-order chi connectivity index (χ1) is 12.0. The maximum Gasteiger partial charge on any atom is 0.259 e. The zero-order valence-corrected chi connectivity index (χ0v) is 14.8. The molecule has 1 amide bonds. The van der Waals surface area contributed by atoms with Gasteiger partial charge in [-0.3, -0.25) is 9.48 Å². The molecule has 0 N–H and O–H groups in total. The molecule has 128 valence electrons. The van der Waals surface area contributed by atoms with Crippen LogP contribution in [0, 0.1) is 13.8 Å². The van der Waals surface area contributed by atoms with Gasteiger partial charge in [0.15, 0.2) is 5.65 Å². The van der Waals surface area contributed by atoms with Crippen LogP contribution in [0.5, 0.6) is 5.75 Å². The molecule has 0 fully saturated rings. The fraction of sp³-hybridized carbons (Fsp3) is 0.316. The van der Waals surface area contributed by atoms with Crippen molar-refractivity contribution in [3.63, 3.8) is 0 Å². The van der Waals surface area contributed by atoms with E-state index in [1.165, 1.54) is 0 Å². The standard InChI is InChI=1S/C19H20N4O2/c1-11-9-15(17-12(2)21-22(3)18(17)20-11)19(24)23-8-7-13-10-14(25-4)5-6-16(13)23/h5-6,9-10H,7-8H2,1-4H3. The molecule has 0 saturated carbocycles. The second kappa shape index (κ2) is 5.58. The van der Waals surface area contributed by atoms with Gasteiger partial charge < -0.3 is 9.64 Å². The quantitative estimate of drug-likeness (QED) is 0.722. The SMILES string of the molecule is COc1ccc2c(c1)CCN2C(=O)c1cc(C)nc2c1c(C)nn2C. The third-order valence-corrected chi connectivity index (χ3v) is 4.75. The molecule has 0 unspecified atom stereocenters. The van der Waals surface area contributed by atoms with Crippen LogP contribution in [0.4, 0.5) is 5.69 Å². The molecule has 1 aromatic carbocycles. The number of hydrogen-bond donors (Lipinski definition) is 0. The number of aryl methyl sites for hydroxylation is 3. The minimum Gasteiger partial charge on any atom is -0.497 e. The summed E-state index contributed by atoms with van der Waals surface area (Å²) in [6.45, 7) is 4.49. The Bertz CT molecular complexity index is 1010. The molecule has 4 rings (SSSR count). The molecule has 3 heterocycles. The van der Waals surface area contributed by atoms with Gasteiger partial charge in [0.25, 0.3) is 5.91 Å². The van der Waals surface area contributed by atoms with E-state index in [1.807, 2.05) is 50.1 Å². The number of methoxy groups -OCH3 is 1. The maximum atomic E-state index is 13.3. The summed E-state index contributed by atoms with van der Waals surface area (Å²) in [6, 6.07) is 7.72. The van der Waals surface area contributed by atoms with Crippen LogP contribution in [0.2, 0.25) is 0 Å². The predicted molar refractivity (Wildman–Crippen MR) is 96.4 cm³/mol. The Morgan fingerprint density at radius 1 is 1.24 bits per heavy atom. The van der Waals surface area contributed by atoms with Gasteiger partial charge in [-0.15, -0.1) is 0 Å². The molecule has 0 aliphatic carbocycles. The van der Waals surface area contributed by atoms with Crippen LogP contribution < -0.4 is 9.64 Å². The molecule has 3 aromatic rings. The fourth-order valence-electron chi connectivity index (χ4n) is 3.60. The number of anilines is 1. The number of carbonyl (C=O) groups is 1. The maximum absolute atomic E-state index is 13.3. The summed E-state index contributed by atoms with van der Waals surface area (Å²) in [6.07, 6.45) is 0.831. The van der Waals surface area contributed by atoms with Crippen LogP contribution in [-0.4, -0.2) is 34.3 Å². The molecule has 0 spiro atoms. The van der Waals surface area contributed by atoms with Gasteiger partial charge in [0, 0.05) is 25.0 Å². The predicted octanol–water partition coefficient (Wildman–Crippen LogP) is 2.80. The van der Waals surface area contributed by atoms with E-state index in [9.17, 15) is 4.79 Å². The highest BCUT2D eigenvalue weighted by molar-refractivity contribution is 6.14. The molecule has 0 bridgehead atoms. The van der Waals surface area contributed by atoms with E-state index in [0.717, 1.165) is 45.8 Å². The number of nitrogens with zero attached hydrogens (tertiary/aromatic N) is 4. The number of ether oxygens (including phenoxy) is 1. The van der Waals surface area contributed by atoms with Gasteiger partial charge in [-0.25, -0.2) is 4.98 Å². The summed E-state index contributed by atoms with van der Waals surface area (Å²) in [4.78, 5) is 19.7. The van der Waals surface area contributed by atoms with Crippen LogP contribution >= 0.6 is 0 Å². The summed E-state index contributed by atoms with van der Waals surface area (Å²) < 4.78 is 7.02. The number of benzene rings is 1. The zero-order chi connectivity index (χ0) is 17.7. The van der Waals surface area contributed by atoms with Gasteiger partial charge >= 0.3 is 0 Å². The van der Waals surface area contributed by atoms with Gasteiger partial charge in [0.1, 0.15) is 5.75 Å². The van der Waals surface area contributed by atoms with E-state index >= 15 is 0 Å². The first-order valence-corrected chi connectivity index (χ1v) is 8.29. The number of pyridine rings is 1. The molecule has 6 nitrogen and oxygen atoms in total. The highest BCUT2D eigenvalue weighted by Gasteiger charge is 2.28. The third kappa shape index (κ3) is 2.36. The van der Waals surface area contributed by atoms with Crippen molar-refractivity contribution >= 4 is 22.6 Å². The Labute approximate surface area is 146 Å². The molecular weight excluding hydrogens is 316 g/mol. The third-order valence-electron chi connectivity index (χ3n) is 4.75. The van der Waals surface area contributed by atoms with Gasteiger partial charge in [0.05, 0.1) is 23.8 Å². The summed E-state index contributed by atoms with van der Waals surface area (Å²) in [5, 5.41) is 5.27. The minimum atomic E-state index is -0.00415. The van der Waals surface area contributed by atoms with Crippen molar-refractivity contribution < 1.29 is 9.53 Å². The van der Waals surface area contributed by atoms with Crippen molar-refractivity contribution in [2.24, 2.45) is 7.05 Å². The van der Waals surface area contributed by atoms with Crippen molar-refractivity contribution in [3.8, 4) is 5.75 Å². The lowest BCUT2D eigenvalue weighted by molar-refractivity contribution is 0.0990. The average molecular weight is 336 g/mol. The Kier molecular flexibility index (Phi) is 3.49. The molecule has 2 aromatic heterocycles. The minimum absolute atomic E-state index is 0.00415. The molecule has 0 radical (unpaired) electrons. The van der Waals surface area contributed by atoms with Crippen molar-refractivity contribution in [3.05, 3.63) is 46.8 Å². The number of carbonyl (C=O) groups excluding carboxylic acids is 1. The Morgan fingerprint density at radius 2 is 2.04 bits per heavy atom.